The summed E-state index contributed by atoms with van der Waals surface area (Å²) in [5.41, 5.74) is 0. The summed E-state index contributed by atoms with van der Waals surface area (Å²) in [6, 6.07) is 0. The fraction of sp³-hybridized carbons (Fsp3) is 0.857. The van der Waals surface area contributed by atoms with Crippen LogP contribution in [0.4, 0.5) is 0 Å². The molecule has 0 spiro atoms. The molecule has 4 heteroatoms. The van der Waals surface area contributed by atoms with Crippen molar-refractivity contribution < 1.29 is 19.8 Å². The number of aliphatic carboxylic acids is 2. The van der Waals surface area contributed by atoms with Gasteiger partial charge in [-0.05, 0) is 24.7 Å². The van der Waals surface area contributed by atoms with Crippen molar-refractivity contribution >= 4 is 11.9 Å². The Bertz CT molecular complexity index is 243. The van der Waals surface area contributed by atoms with Crippen LogP contribution in [0.25, 0.3) is 0 Å². The highest BCUT2D eigenvalue weighted by atomic mass is 16.4. The van der Waals surface area contributed by atoms with Crippen molar-refractivity contribution in [2.75, 3.05) is 0 Å². The first-order valence-corrected chi connectivity index (χ1v) is 6.71. The molecule has 2 unspecified atom stereocenters. The third kappa shape index (κ3) is 6.62. The lowest BCUT2D eigenvalue weighted by atomic mass is 9.82. The van der Waals surface area contributed by atoms with Crippen LogP contribution in [0.3, 0.4) is 0 Å². The van der Waals surface area contributed by atoms with E-state index >= 15 is 0 Å². The topological polar surface area (TPSA) is 74.6 Å². The number of carboxylic acid groups (broad SMARTS) is 2. The van der Waals surface area contributed by atoms with Crippen molar-refractivity contribution in [3.8, 4) is 0 Å². The van der Waals surface area contributed by atoms with Gasteiger partial charge in [-0.3, -0.25) is 9.59 Å². The Morgan fingerprint density at radius 3 is 1.17 bits per heavy atom. The molecule has 0 aromatic rings. The molecule has 0 bridgehead atoms. The first kappa shape index (κ1) is 16.9. The standard InChI is InChI=1S/C14H26O4/c1-9(2)5-7-11(13(15)16)12(14(17)18)8-6-10(3)4/h9-12H,5-8H2,1-4H3,(H,15,16)(H,17,18). The smallest absolute Gasteiger partial charge is 0.307 e. The lowest BCUT2D eigenvalue weighted by Gasteiger charge is -2.21. The van der Waals surface area contributed by atoms with Gasteiger partial charge in [-0.2, -0.15) is 0 Å². The fourth-order valence-electron chi connectivity index (χ4n) is 2.02. The van der Waals surface area contributed by atoms with Crippen LogP contribution in [-0.4, -0.2) is 22.2 Å². The summed E-state index contributed by atoms with van der Waals surface area (Å²) in [6.07, 6.45) is 2.40. The third-order valence-corrected chi connectivity index (χ3v) is 3.23. The van der Waals surface area contributed by atoms with Crippen molar-refractivity contribution in [1.82, 2.24) is 0 Å². The second-order valence-corrected chi connectivity index (χ2v) is 5.83. The van der Waals surface area contributed by atoms with E-state index < -0.39 is 23.8 Å². The summed E-state index contributed by atoms with van der Waals surface area (Å²) in [5, 5.41) is 18.4. The molecule has 2 atom stereocenters. The van der Waals surface area contributed by atoms with Gasteiger partial charge < -0.3 is 10.2 Å². The van der Waals surface area contributed by atoms with Crippen molar-refractivity contribution in [2.24, 2.45) is 23.7 Å². The molecule has 0 aliphatic carbocycles. The molecular weight excluding hydrogens is 232 g/mol. The van der Waals surface area contributed by atoms with Crippen LogP contribution >= 0.6 is 0 Å². The van der Waals surface area contributed by atoms with Gasteiger partial charge >= 0.3 is 11.9 Å². The molecule has 0 aromatic heterocycles. The summed E-state index contributed by atoms with van der Waals surface area (Å²) in [6.45, 7) is 8.07. The van der Waals surface area contributed by atoms with Gasteiger partial charge in [0.1, 0.15) is 0 Å². The fourth-order valence-corrected chi connectivity index (χ4v) is 2.02. The number of hydrogen-bond acceptors (Lipinski definition) is 2. The predicted molar refractivity (Wildman–Crippen MR) is 70.4 cm³/mol. The molecule has 0 aliphatic heterocycles. The van der Waals surface area contributed by atoms with E-state index in [2.05, 4.69) is 0 Å². The first-order valence-electron chi connectivity index (χ1n) is 6.71. The summed E-state index contributed by atoms with van der Waals surface area (Å²) in [5.74, 6) is -2.69. The van der Waals surface area contributed by atoms with Crippen molar-refractivity contribution in [3.63, 3.8) is 0 Å². The molecule has 0 saturated carbocycles. The lowest BCUT2D eigenvalue weighted by Crippen LogP contribution is -2.30. The Balaban J connectivity index is 4.66. The molecule has 0 saturated heterocycles. The van der Waals surface area contributed by atoms with E-state index in [0.29, 0.717) is 24.7 Å². The summed E-state index contributed by atoms with van der Waals surface area (Å²) < 4.78 is 0. The average molecular weight is 258 g/mol. The molecule has 18 heavy (non-hydrogen) atoms. The molecule has 0 heterocycles. The van der Waals surface area contributed by atoms with E-state index in [1.54, 1.807) is 0 Å². The van der Waals surface area contributed by atoms with Gasteiger partial charge in [0, 0.05) is 0 Å². The van der Waals surface area contributed by atoms with Gasteiger partial charge in [0.05, 0.1) is 11.8 Å². The zero-order valence-electron chi connectivity index (χ0n) is 11.8. The molecule has 0 rings (SSSR count). The molecule has 106 valence electrons. The molecule has 4 nitrogen and oxygen atoms in total. The van der Waals surface area contributed by atoms with E-state index in [4.69, 9.17) is 0 Å². The summed E-state index contributed by atoms with van der Waals surface area (Å²) in [7, 11) is 0. The quantitative estimate of drug-likeness (QED) is 0.665. The molecule has 0 aliphatic rings. The van der Waals surface area contributed by atoms with Crippen LogP contribution in [0.2, 0.25) is 0 Å². The molecular formula is C14H26O4. The van der Waals surface area contributed by atoms with Crippen LogP contribution in [0, 0.1) is 23.7 Å². The van der Waals surface area contributed by atoms with E-state index in [1.165, 1.54) is 0 Å². The largest absolute Gasteiger partial charge is 0.481 e. The number of hydrogen-bond donors (Lipinski definition) is 2. The van der Waals surface area contributed by atoms with Crippen LogP contribution < -0.4 is 0 Å². The second kappa shape index (κ2) is 8.11. The molecule has 0 amide bonds. The lowest BCUT2D eigenvalue weighted by molar-refractivity contribution is -0.154. The minimum absolute atomic E-state index is 0.395. The van der Waals surface area contributed by atoms with Crippen molar-refractivity contribution in [1.29, 1.82) is 0 Å². The summed E-state index contributed by atoms with van der Waals surface area (Å²) in [4.78, 5) is 22.5. The number of rotatable bonds is 9. The minimum atomic E-state index is -0.980. The molecule has 2 N–H and O–H groups in total. The first-order chi connectivity index (χ1) is 8.25. The highest BCUT2D eigenvalue weighted by Crippen LogP contribution is 2.26. The maximum atomic E-state index is 11.2. The zero-order valence-corrected chi connectivity index (χ0v) is 11.8. The minimum Gasteiger partial charge on any atom is -0.481 e. The maximum absolute atomic E-state index is 11.2. The van der Waals surface area contributed by atoms with E-state index in [1.807, 2.05) is 27.7 Å². The molecule has 0 radical (unpaired) electrons. The van der Waals surface area contributed by atoms with Crippen LogP contribution in [0.15, 0.2) is 0 Å². The molecule has 0 aromatic carbocycles. The van der Waals surface area contributed by atoms with E-state index in [9.17, 15) is 19.8 Å². The van der Waals surface area contributed by atoms with E-state index in [-0.39, 0.29) is 0 Å². The van der Waals surface area contributed by atoms with E-state index in [0.717, 1.165) is 12.8 Å². The van der Waals surface area contributed by atoms with Gasteiger partial charge in [-0.25, -0.2) is 0 Å². The summed E-state index contributed by atoms with van der Waals surface area (Å²) >= 11 is 0. The normalized spacial score (nSPS) is 14.8. The van der Waals surface area contributed by atoms with Gasteiger partial charge in [-0.1, -0.05) is 40.5 Å². The van der Waals surface area contributed by atoms with Gasteiger partial charge in [0.15, 0.2) is 0 Å². The third-order valence-electron chi connectivity index (χ3n) is 3.23. The highest BCUT2D eigenvalue weighted by molar-refractivity contribution is 5.79. The Morgan fingerprint density at radius 1 is 0.722 bits per heavy atom. The van der Waals surface area contributed by atoms with Crippen LogP contribution in [0.1, 0.15) is 53.4 Å². The maximum Gasteiger partial charge on any atom is 0.307 e. The monoisotopic (exact) mass is 258 g/mol. The van der Waals surface area contributed by atoms with Gasteiger partial charge in [-0.15, -0.1) is 0 Å². The Morgan fingerprint density at radius 2 is 1.00 bits per heavy atom. The van der Waals surface area contributed by atoms with Crippen molar-refractivity contribution in [3.05, 3.63) is 0 Å². The molecule has 0 fully saturated rings. The van der Waals surface area contributed by atoms with Gasteiger partial charge in [0.2, 0.25) is 0 Å². The highest BCUT2D eigenvalue weighted by Gasteiger charge is 2.33. The zero-order chi connectivity index (χ0) is 14.3. The Kier molecular flexibility index (Phi) is 7.64. The Hall–Kier alpha value is -1.06. The second-order valence-electron chi connectivity index (χ2n) is 5.83. The van der Waals surface area contributed by atoms with Crippen molar-refractivity contribution in [2.45, 2.75) is 53.4 Å². The Labute approximate surface area is 109 Å². The van der Waals surface area contributed by atoms with Crippen LogP contribution in [-0.2, 0) is 9.59 Å². The SMILES string of the molecule is CC(C)CCC(C(=O)O)C(CCC(C)C)C(=O)O. The predicted octanol–water partition coefficient (Wildman–Crippen LogP) is 3.26. The number of carbonyl (C=O) groups is 2. The van der Waals surface area contributed by atoms with Crippen LogP contribution in [0.5, 0.6) is 0 Å². The average Bonchev–Trinajstić information content (AvgIpc) is 2.20. The number of carboxylic acids is 2. The van der Waals surface area contributed by atoms with Gasteiger partial charge in [0.25, 0.3) is 0 Å².